The molecule has 0 saturated carbocycles. The third-order valence-electron chi connectivity index (χ3n) is 3.49. The lowest BCUT2D eigenvalue weighted by Crippen LogP contribution is -1.99. The maximum Gasteiger partial charge on any atom is 0.362 e. The van der Waals surface area contributed by atoms with Gasteiger partial charge in [-0.05, 0) is 32.1 Å². The largest absolute Gasteiger partial charge is 0.456 e. The van der Waals surface area contributed by atoms with Gasteiger partial charge < -0.3 is 13.8 Å². The van der Waals surface area contributed by atoms with Crippen molar-refractivity contribution in [2.45, 2.75) is 13.8 Å². The van der Waals surface area contributed by atoms with E-state index in [4.69, 9.17) is 13.8 Å². The molecule has 3 rings (SSSR count). The van der Waals surface area contributed by atoms with Crippen LogP contribution in [0.3, 0.4) is 0 Å². The van der Waals surface area contributed by atoms with Crippen LogP contribution in [0.2, 0.25) is 0 Å². The van der Waals surface area contributed by atoms with Crippen LogP contribution < -0.4 is 4.74 Å². The Hall–Kier alpha value is -1.87. The van der Waals surface area contributed by atoms with Crippen LogP contribution in [-0.4, -0.2) is 13.2 Å². The predicted molar refractivity (Wildman–Crippen MR) is 91.7 cm³/mol. The molecule has 0 spiro atoms. The van der Waals surface area contributed by atoms with E-state index in [1.165, 1.54) is 0 Å². The zero-order valence-electron chi connectivity index (χ0n) is 13.2. The van der Waals surface area contributed by atoms with Crippen molar-refractivity contribution in [3.05, 3.63) is 59.7 Å². The maximum atomic E-state index is 13.3. The van der Waals surface area contributed by atoms with E-state index in [-0.39, 0.29) is 0 Å². The molecule has 1 aliphatic heterocycles. The molecule has 0 fully saturated rings. The Kier molecular flexibility index (Phi) is 4.67. The first-order valence-corrected chi connectivity index (χ1v) is 9.20. The Morgan fingerprint density at radius 3 is 2.22 bits per heavy atom. The summed E-state index contributed by atoms with van der Waals surface area (Å²) in [7, 11) is -3.43. The molecule has 0 aliphatic carbocycles. The van der Waals surface area contributed by atoms with E-state index in [1.807, 2.05) is 54.6 Å². The fourth-order valence-electron chi connectivity index (χ4n) is 2.55. The smallest absolute Gasteiger partial charge is 0.362 e. The van der Waals surface area contributed by atoms with Crippen molar-refractivity contribution in [3.63, 3.8) is 0 Å². The van der Waals surface area contributed by atoms with Gasteiger partial charge in [-0.2, -0.15) is 0 Å². The van der Waals surface area contributed by atoms with Gasteiger partial charge in [-0.3, -0.25) is 4.57 Å². The summed E-state index contributed by atoms with van der Waals surface area (Å²) < 4.78 is 30.4. The van der Waals surface area contributed by atoms with Crippen molar-refractivity contribution < 1.29 is 18.3 Å². The zero-order valence-corrected chi connectivity index (χ0v) is 14.1. The maximum absolute atomic E-state index is 13.3. The summed E-state index contributed by atoms with van der Waals surface area (Å²) in [5.41, 5.74) is 1.58. The number of ether oxygens (including phenoxy) is 1. The molecule has 0 unspecified atom stereocenters. The Balaban J connectivity index is 2.23. The minimum Gasteiger partial charge on any atom is -0.456 e. The molecule has 1 aliphatic rings. The van der Waals surface area contributed by atoms with Gasteiger partial charge in [0, 0.05) is 11.1 Å². The Bertz CT molecular complexity index is 772. The normalized spacial score (nSPS) is 13.4. The lowest BCUT2D eigenvalue weighted by Gasteiger charge is -2.20. The van der Waals surface area contributed by atoms with E-state index >= 15 is 0 Å². The fraction of sp³-hybridized carbons (Fsp3) is 0.222. The second-order valence-electron chi connectivity index (χ2n) is 5.00. The SMILES string of the molecule is CCOP(=O)(OCC)C1=Cc2ccccc2Oc2ccccc21. The van der Waals surface area contributed by atoms with Gasteiger partial charge in [0.15, 0.2) is 0 Å². The number of benzene rings is 2. The molecule has 0 radical (unpaired) electrons. The number of fused-ring (bicyclic) bond motifs is 2. The highest BCUT2D eigenvalue weighted by atomic mass is 31.2. The summed E-state index contributed by atoms with van der Waals surface area (Å²) in [6, 6.07) is 15.1. The fourth-order valence-corrected chi connectivity index (χ4v) is 4.36. The molecule has 0 N–H and O–H groups in total. The van der Waals surface area contributed by atoms with Gasteiger partial charge in [0.25, 0.3) is 0 Å². The molecule has 120 valence electrons. The Morgan fingerprint density at radius 2 is 1.52 bits per heavy atom. The topological polar surface area (TPSA) is 44.8 Å². The Morgan fingerprint density at radius 1 is 0.913 bits per heavy atom. The minimum absolute atomic E-state index is 0.305. The van der Waals surface area contributed by atoms with Gasteiger partial charge in [-0.25, -0.2) is 0 Å². The third kappa shape index (κ3) is 3.11. The van der Waals surface area contributed by atoms with Crippen molar-refractivity contribution >= 4 is 19.0 Å². The average Bonchev–Trinajstić information content (AvgIpc) is 2.72. The average molecular weight is 330 g/mol. The summed E-state index contributed by atoms with van der Waals surface area (Å²) in [5, 5.41) is 0.529. The zero-order chi connectivity index (χ0) is 16.3. The van der Waals surface area contributed by atoms with E-state index in [0.717, 1.165) is 16.9 Å². The predicted octanol–water partition coefficient (Wildman–Crippen LogP) is 5.56. The summed E-state index contributed by atoms with van der Waals surface area (Å²) >= 11 is 0. The minimum atomic E-state index is -3.43. The second kappa shape index (κ2) is 6.71. The summed E-state index contributed by atoms with van der Waals surface area (Å²) in [4.78, 5) is 0. The molecule has 0 saturated heterocycles. The van der Waals surface area contributed by atoms with E-state index < -0.39 is 7.60 Å². The van der Waals surface area contributed by atoms with Crippen molar-refractivity contribution in [1.29, 1.82) is 0 Å². The monoisotopic (exact) mass is 330 g/mol. The molecule has 4 nitrogen and oxygen atoms in total. The number of hydrogen-bond acceptors (Lipinski definition) is 4. The number of rotatable bonds is 5. The quantitative estimate of drug-likeness (QED) is 0.674. The molecular formula is C18H19O4P. The first-order chi connectivity index (χ1) is 11.2. The van der Waals surface area contributed by atoms with Crippen LogP contribution in [0.25, 0.3) is 11.4 Å². The lowest BCUT2D eigenvalue weighted by molar-refractivity contribution is 0.231. The molecule has 2 aromatic carbocycles. The van der Waals surface area contributed by atoms with E-state index in [2.05, 4.69) is 0 Å². The molecule has 0 amide bonds. The van der Waals surface area contributed by atoms with Crippen LogP contribution in [-0.2, 0) is 13.6 Å². The van der Waals surface area contributed by atoms with Gasteiger partial charge in [0.05, 0.1) is 18.5 Å². The summed E-state index contributed by atoms with van der Waals surface area (Å²) in [6.45, 7) is 4.22. The van der Waals surface area contributed by atoms with Crippen LogP contribution in [0, 0.1) is 0 Å². The first-order valence-electron chi connectivity index (χ1n) is 7.65. The van der Waals surface area contributed by atoms with Gasteiger partial charge in [0.2, 0.25) is 0 Å². The molecule has 1 heterocycles. The molecule has 2 aromatic rings. The van der Waals surface area contributed by atoms with Gasteiger partial charge in [0.1, 0.15) is 11.5 Å². The lowest BCUT2D eigenvalue weighted by atomic mass is 10.1. The molecule has 23 heavy (non-hydrogen) atoms. The van der Waals surface area contributed by atoms with Gasteiger partial charge in [-0.1, -0.05) is 36.4 Å². The first kappa shape index (κ1) is 16.0. The molecule has 0 bridgehead atoms. The Labute approximate surface area is 136 Å². The third-order valence-corrected chi connectivity index (χ3v) is 5.64. The van der Waals surface area contributed by atoms with Crippen LogP contribution in [0.5, 0.6) is 11.5 Å². The molecule has 0 atom stereocenters. The molecular weight excluding hydrogens is 311 g/mol. The van der Waals surface area contributed by atoms with Crippen LogP contribution >= 0.6 is 7.60 Å². The van der Waals surface area contributed by atoms with E-state index in [0.29, 0.717) is 24.3 Å². The summed E-state index contributed by atoms with van der Waals surface area (Å²) in [5.74, 6) is 1.36. The van der Waals surface area contributed by atoms with Crippen LogP contribution in [0.4, 0.5) is 0 Å². The van der Waals surface area contributed by atoms with Crippen molar-refractivity contribution in [1.82, 2.24) is 0 Å². The standard InChI is InChI=1S/C18H19O4P/c1-3-20-23(19,21-4-2)18-13-14-9-5-7-11-16(14)22-17-12-8-6-10-15(17)18/h5-13H,3-4H2,1-2H3. The van der Waals surface area contributed by atoms with E-state index in [9.17, 15) is 4.57 Å². The van der Waals surface area contributed by atoms with Gasteiger partial charge in [-0.15, -0.1) is 0 Å². The molecule has 5 heteroatoms. The van der Waals surface area contributed by atoms with Gasteiger partial charge >= 0.3 is 7.60 Å². The highest BCUT2D eigenvalue weighted by Crippen LogP contribution is 2.63. The van der Waals surface area contributed by atoms with Crippen molar-refractivity contribution in [2.75, 3.05) is 13.2 Å². The van der Waals surface area contributed by atoms with Crippen molar-refractivity contribution in [2.24, 2.45) is 0 Å². The highest BCUT2D eigenvalue weighted by Gasteiger charge is 2.34. The van der Waals surface area contributed by atoms with Crippen molar-refractivity contribution in [3.8, 4) is 11.5 Å². The second-order valence-corrected chi connectivity index (χ2v) is 6.99. The number of para-hydroxylation sites is 2. The highest BCUT2D eigenvalue weighted by molar-refractivity contribution is 7.65. The number of hydrogen-bond donors (Lipinski definition) is 0. The van der Waals surface area contributed by atoms with Crippen LogP contribution in [0.1, 0.15) is 25.0 Å². The summed E-state index contributed by atoms with van der Waals surface area (Å²) in [6.07, 6.45) is 1.84. The molecule has 0 aromatic heterocycles. The van der Waals surface area contributed by atoms with E-state index in [1.54, 1.807) is 13.8 Å². The van der Waals surface area contributed by atoms with Crippen LogP contribution in [0.15, 0.2) is 48.5 Å².